The summed E-state index contributed by atoms with van der Waals surface area (Å²) in [5.41, 5.74) is -1.28. The van der Waals surface area contributed by atoms with Crippen molar-refractivity contribution >= 4 is 33.4 Å². The zero-order valence-electron chi connectivity index (χ0n) is 11.7. The molecule has 0 aromatic heterocycles. The minimum Gasteiger partial charge on any atom is -0.340 e. The molecule has 0 atom stereocenters. The van der Waals surface area contributed by atoms with Crippen LogP contribution in [-0.4, -0.2) is 23.9 Å². The molecule has 0 saturated carbocycles. The van der Waals surface area contributed by atoms with Gasteiger partial charge in [0.1, 0.15) is 23.7 Å². The Hall–Kier alpha value is -1.50. The van der Waals surface area contributed by atoms with Gasteiger partial charge in [0.25, 0.3) is 5.91 Å². The summed E-state index contributed by atoms with van der Waals surface area (Å²) in [6.45, 7) is 3.21. The summed E-state index contributed by atoms with van der Waals surface area (Å²) in [4.78, 5) is 25.5. The monoisotopic (exact) mass is 360 g/mol. The van der Waals surface area contributed by atoms with Crippen molar-refractivity contribution in [1.82, 2.24) is 5.32 Å². The molecule has 114 valence electrons. The SMILES string of the molecule is CCC1(CC)NC(=O)CN(c2cc(F)c(Br)cc2F)C1=O. The fraction of sp³-hybridized carbons (Fsp3) is 0.429. The molecule has 7 heteroatoms. The van der Waals surface area contributed by atoms with Gasteiger partial charge in [-0.2, -0.15) is 0 Å². The van der Waals surface area contributed by atoms with Crippen molar-refractivity contribution in [2.45, 2.75) is 32.2 Å². The number of benzene rings is 1. The van der Waals surface area contributed by atoms with Crippen molar-refractivity contribution in [2.75, 3.05) is 11.4 Å². The number of amides is 2. The molecule has 1 aliphatic rings. The van der Waals surface area contributed by atoms with Gasteiger partial charge in [-0.25, -0.2) is 8.78 Å². The summed E-state index contributed by atoms with van der Waals surface area (Å²) in [6, 6.07) is 1.87. The smallest absolute Gasteiger partial charge is 0.253 e. The lowest BCUT2D eigenvalue weighted by atomic mass is 9.88. The lowest BCUT2D eigenvalue weighted by molar-refractivity contribution is -0.136. The van der Waals surface area contributed by atoms with E-state index >= 15 is 0 Å². The Morgan fingerprint density at radius 1 is 1.24 bits per heavy atom. The van der Waals surface area contributed by atoms with Crippen molar-refractivity contribution in [2.24, 2.45) is 0 Å². The first kappa shape index (κ1) is 15.9. The Balaban J connectivity index is 2.50. The average Bonchev–Trinajstić information content (AvgIpc) is 2.45. The van der Waals surface area contributed by atoms with Crippen LogP contribution in [0.3, 0.4) is 0 Å². The highest BCUT2D eigenvalue weighted by atomic mass is 79.9. The molecule has 1 saturated heterocycles. The summed E-state index contributed by atoms with van der Waals surface area (Å²) in [7, 11) is 0. The molecule has 1 aliphatic heterocycles. The predicted molar refractivity (Wildman–Crippen MR) is 77.9 cm³/mol. The summed E-state index contributed by atoms with van der Waals surface area (Å²) in [5.74, 6) is -2.26. The zero-order chi connectivity index (χ0) is 15.8. The number of halogens is 3. The molecule has 2 rings (SSSR count). The van der Waals surface area contributed by atoms with E-state index in [0.717, 1.165) is 17.0 Å². The number of nitrogens with zero attached hydrogens (tertiary/aromatic N) is 1. The molecule has 1 aromatic rings. The highest BCUT2D eigenvalue weighted by Crippen LogP contribution is 2.31. The molecule has 0 aliphatic carbocycles. The van der Waals surface area contributed by atoms with Gasteiger partial charge in [-0.15, -0.1) is 0 Å². The third-order valence-corrected chi connectivity index (χ3v) is 4.43. The number of carbonyl (C=O) groups excluding carboxylic acids is 2. The van der Waals surface area contributed by atoms with Crippen LogP contribution < -0.4 is 10.2 Å². The van der Waals surface area contributed by atoms with E-state index in [1.165, 1.54) is 0 Å². The van der Waals surface area contributed by atoms with Crippen molar-refractivity contribution in [3.05, 3.63) is 28.2 Å². The number of hydrogen-bond acceptors (Lipinski definition) is 2. The molecule has 1 N–H and O–H groups in total. The largest absolute Gasteiger partial charge is 0.340 e. The van der Waals surface area contributed by atoms with E-state index in [2.05, 4.69) is 21.2 Å². The molecule has 0 radical (unpaired) electrons. The molecule has 1 aromatic carbocycles. The first-order valence-corrected chi connectivity index (χ1v) is 7.41. The van der Waals surface area contributed by atoms with Gasteiger partial charge in [0, 0.05) is 6.07 Å². The first-order chi connectivity index (χ1) is 9.84. The van der Waals surface area contributed by atoms with Crippen LogP contribution in [0.5, 0.6) is 0 Å². The maximum absolute atomic E-state index is 14.1. The van der Waals surface area contributed by atoms with Crippen molar-refractivity contribution in [1.29, 1.82) is 0 Å². The van der Waals surface area contributed by atoms with Crippen LogP contribution in [0.25, 0.3) is 0 Å². The van der Waals surface area contributed by atoms with Crippen LogP contribution in [0.1, 0.15) is 26.7 Å². The summed E-state index contributed by atoms with van der Waals surface area (Å²) in [5, 5.41) is 2.67. The minimum absolute atomic E-state index is 0.0325. The fourth-order valence-corrected chi connectivity index (χ4v) is 2.79. The topological polar surface area (TPSA) is 49.4 Å². The van der Waals surface area contributed by atoms with Gasteiger partial charge in [-0.1, -0.05) is 13.8 Å². The van der Waals surface area contributed by atoms with Crippen LogP contribution >= 0.6 is 15.9 Å². The average molecular weight is 361 g/mol. The second-order valence-corrected chi connectivity index (χ2v) is 5.80. The zero-order valence-corrected chi connectivity index (χ0v) is 13.3. The maximum Gasteiger partial charge on any atom is 0.253 e. The van der Waals surface area contributed by atoms with Gasteiger partial charge >= 0.3 is 0 Å². The van der Waals surface area contributed by atoms with Gasteiger partial charge in [0.2, 0.25) is 5.91 Å². The number of hydrogen-bond donors (Lipinski definition) is 1. The Morgan fingerprint density at radius 3 is 2.43 bits per heavy atom. The number of anilines is 1. The standard InChI is InChI=1S/C14H15BrF2N2O2/c1-3-14(4-2)13(21)19(7-12(20)18-14)11-6-9(16)8(15)5-10(11)17/h5-6H,3-4,7H2,1-2H3,(H,18,20). The molecular formula is C14H15BrF2N2O2. The Bertz CT molecular complexity index is 603. The highest BCUT2D eigenvalue weighted by Gasteiger charge is 2.45. The van der Waals surface area contributed by atoms with Gasteiger partial charge in [0.05, 0.1) is 10.2 Å². The molecule has 4 nitrogen and oxygen atoms in total. The van der Waals surface area contributed by atoms with E-state index in [4.69, 9.17) is 0 Å². The van der Waals surface area contributed by atoms with E-state index in [-0.39, 0.29) is 22.6 Å². The van der Waals surface area contributed by atoms with Crippen LogP contribution in [-0.2, 0) is 9.59 Å². The summed E-state index contributed by atoms with van der Waals surface area (Å²) in [6.07, 6.45) is 0.760. The third-order valence-electron chi connectivity index (χ3n) is 3.82. The van der Waals surface area contributed by atoms with Crippen LogP contribution in [0.2, 0.25) is 0 Å². The number of nitrogens with one attached hydrogen (secondary N) is 1. The Morgan fingerprint density at radius 2 is 1.86 bits per heavy atom. The Kier molecular flexibility index (Phi) is 4.32. The van der Waals surface area contributed by atoms with Gasteiger partial charge in [0.15, 0.2) is 0 Å². The third kappa shape index (κ3) is 2.66. The number of carbonyl (C=O) groups is 2. The van der Waals surface area contributed by atoms with Gasteiger partial charge in [-0.3, -0.25) is 14.5 Å². The lowest BCUT2D eigenvalue weighted by Gasteiger charge is -2.41. The van der Waals surface area contributed by atoms with Gasteiger partial charge in [-0.05, 0) is 34.8 Å². The van der Waals surface area contributed by atoms with Crippen molar-refractivity contribution in [3.8, 4) is 0 Å². The quantitative estimate of drug-likeness (QED) is 0.842. The predicted octanol–water partition coefficient (Wildman–Crippen LogP) is 2.75. The normalized spacial score (nSPS) is 17.9. The van der Waals surface area contributed by atoms with E-state index < -0.39 is 23.1 Å². The van der Waals surface area contributed by atoms with E-state index in [0.29, 0.717) is 12.8 Å². The van der Waals surface area contributed by atoms with Crippen molar-refractivity contribution < 1.29 is 18.4 Å². The second-order valence-electron chi connectivity index (χ2n) is 4.95. The molecule has 0 unspecified atom stereocenters. The molecular weight excluding hydrogens is 346 g/mol. The lowest BCUT2D eigenvalue weighted by Crippen LogP contribution is -2.66. The molecule has 21 heavy (non-hydrogen) atoms. The maximum atomic E-state index is 14.1. The molecule has 1 heterocycles. The van der Waals surface area contributed by atoms with E-state index in [9.17, 15) is 18.4 Å². The highest BCUT2D eigenvalue weighted by molar-refractivity contribution is 9.10. The van der Waals surface area contributed by atoms with Gasteiger partial charge < -0.3 is 5.32 Å². The molecule has 2 amide bonds. The molecule has 0 bridgehead atoms. The van der Waals surface area contributed by atoms with Crippen LogP contribution in [0, 0.1) is 11.6 Å². The van der Waals surface area contributed by atoms with Crippen molar-refractivity contribution in [3.63, 3.8) is 0 Å². The summed E-state index contributed by atoms with van der Waals surface area (Å²) < 4.78 is 27.7. The molecule has 1 fully saturated rings. The molecule has 0 spiro atoms. The number of piperazine rings is 1. The summed E-state index contributed by atoms with van der Waals surface area (Å²) >= 11 is 2.88. The van der Waals surface area contributed by atoms with Crippen LogP contribution in [0.4, 0.5) is 14.5 Å². The second kappa shape index (κ2) is 5.71. The minimum atomic E-state index is -1.06. The first-order valence-electron chi connectivity index (χ1n) is 6.62. The van der Waals surface area contributed by atoms with E-state index in [1.807, 2.05) is 0 Å². The Labute approximate surface area is 129 Å². The van der Waals surface area contributed by atoms with E-state index in [1.54, 1.807) is 13.8 Å². The number of rotatable bonds is 3. The fourth-order valence-electron chi connectivity index (χ4n) is 2.48. The van der Waals surface area contributed by atoms with Crippen LogP contribution in [0.15, 0.2) is 16.6 Å².